The lowest BCUT2D eigenvalue weighted by molar-refractivity contribution is -0.120. The van der Waals surface area contributed by atoms with E-state index in [-0.39, 0.29) is 16.8 Å². The zero-order valence-corrected chi connectivity index (χ0v) is 12.7. The predicted octanol–water partition coefficient (Wildman–Crippen LogP) is 0.465. The quantitative estimate of drug-likeness (QED) is 0.727. The molecule has 1 aromatic rings. The van der Waals surface area contributed by atoms with E-state index in [1.807, 2.05) is 0 Å². The van der Waals surface area contributed by atoms with E-state index >= 15 is 0 Å². The number of carbonyl (C=O) groups is 1. The predicted molar refractivity (Wildman–Crippen MR) is 78.8 cm³/mol. The van der Waals surface area contributed by atoms with Crippen LogP contribution >= 0.6 is 0 Å². The maximum absolute atomic E-state index is 11.3. The molecule has 1 aromatic carbocycles. The minimum atomic E-state index is -3.20. The van der Waals surface area contributed by atoms with Gasteiger partial charge in [-0.1, -0.05) is 0 Å². The summed E-state index contributed by atoms with van der Waals surface area (Å²) in [5.74, 6) is 0.190. The summed E-state index contributed by atoms with van der Waals surface area (Å²) in [6, 6.07) is 6.22. The van der Waals surface area contributed by atoms with E-state index in [1.54, 1.807) is 12.1 Å². The number of hydrogen-bond acceptors (Lipinski definition) is 5. The average molecular weight is 312 g/mol. The summed E-state index contributed by atoms with van der Waals surface area (Å²) < 4.78 is 28.2. The largest absolute Gasteiger partial charge is 0.494 e. The van der Waals surface area contributed by atoms with Crippen molar-refractivity contribution < 1.29 is 17.9 Å². The molecule has 21 heavy (non-hydrogen) atoms. The second kappa shape index (κ2) is 6.44. The Morgan fingerprint density at radius 2 is 2.00 bits per heavy atom. The third-order valence-corrected chi connectivity index (χ3v) is 4.41. The van der Waals surface area contributed by atoms with Crippen molar-refractivity contribution in [1.29, 1.82) is 0 Å². The lowest BCUT2D eigenvalue weighted by Gasteiger charge is -2.15. The summed E-state index contributed by atoms with van der Waals surface area (Å²) in [6.07, 6.45) is 3.80. The minimum Gasteiger partial charge on any atom is -0.494 e. The van der Waals surface area contributed by atoms with Crippen LogP contribution in [0.3, 0.4) is 0 Å². The van der Waals surface area contributed by atoms with Crippen LogP contribution in [0.1, 0.15) is 19.3 Å². The Kier molecular flexibility index (Phi) is 4.84. The van der Waals surface area contributed by atoms with Crippen LogP contribution < -0.4 is 15.8 Å². The number of hydrogen-bond donors (Lipinski definition) is 2. The molecular formula is C14H20N2O4S. The number of amides is 1. The third-order valence-electron chi connectivity index (χ3n) is 3.28. The fourth-order valence-electron chi connectivity index (χ4n) is 1.92. The summed E-state index contributed by atoms with van der Waals surface area (Å²) in [5.41, 5.74) is 5.34. The van der Waals surface area contributed by atoms with Crippen LogP contribution in [0.15, 0.2) is 29.2 Å². The van der Waals surface area contributed by atoms with Gasteiger partial charge in [0.05, 0.1) is 17.5 Å². The monoisotopic (exact) mass is 312 g/mol. The molecule has 1 aliphatic rings. The second-order valence-corrected chi connectivity index (χ2v) is 7.29. The van der Waals surface area contributed by atoms with Crippen molar-refractivity contribution in [2.45, 2.75) is 36.2 Å². The van der Waals surface area contributed by atoms with Gasteiger partial charge in [0, 0.05) is 18.7 Å². The van der Waals surface area contributed by atoms with Gasteiger partial charge in [-0.2, -0.15) is 0 Å². The normalized spacial score (nSPS) is 16.4. The number of carbonyl (C=O) groups excluding carboxylic acids is 1. The Hall–Kier alpha value is -1.60. The van der Waals surface area contributed by atoms with Crippen LogP contribution in [0.4, 0.5) is 0 Å². The fourth-order valence-corrected chi connectivity index (χ4v) is 2.55. The summed E-state index contributed by atoms with van der Waals surface area (Å²) in [7, 11) is -3.20. The van der Waals surface area contributed by atoms with E-state index in [4.69, 9.17) is 10.5 Å². The number of nitrogens with two attached hydrogens (primary N) is 1. The van der Waals surface area contributed by atoms with E-state index in [9.17, 15) is 13.2 Å². The van der Waals surface area contributed by atoms with Crippen LogP contribution in [0.5, 0.6) is 5.75 Å². The van der Waals surface area contributed by atoms with Gasteiger partial charge in [-0.3, -0.25) is 4.79 Å². The molecule has 0 aromatic heterocycles. The zero-order valence-electron chi connectivity index (χ0n) is 11.9. The van der Waals surface area contributed by atoms with Crippen LogP contribution in [-0.4, -0.2) is 39.3 Å². The fraction of sp³-hybridized carbons (Fsp3) is 0.500. The van der Waals surface area contributed by atoms with E-state index < -0.39 is 9.84 Å². The summed E-state index contributed by atoms with van der Waals surface area (Å²) >= 11 is 0. The molecule has 0 radical (unpaired) electrons. The molecule has 0 heterocycles. The molecular weight excluding hydrogens is 292 g/mol. The van der Waals surface area contributed by atoms with Gasteiger partial charge in [0.2, 0.25) is 5.91 Å². The summed E-state index contributed by atoms with van der Waals surface area (Å²) in [5, 5.41) is 3.17. The molecule has 116 valence electrons. The molecule has 7 heteroatoms. The van der Waals surface area contributed by atoms with Gasteiger partial charge >= 0.3 is 0 Å². The zero-order chi connectivity index (χ0) is 15.5. The van der Waals surface area contributed by atoms with Crippen molar-refractivity contribution >= 4 is 15.7 Å². The van der Waals surface area contributed by atoms with Gasteiger partial charge in [0.1, 0.15) is 5.75 Å². The van der Waals surface area contributed by atoms with E-state index in [0.29, 0.717) is 24.8 Å². The Labute approximate surface area is 124 Å². The van der Waals surface area contributed by atoms with Crippen LogP contribution in [0, 0.1) is 0 Å². The molecule has 6 nitrogen and oxygen atoms in total. The average Bonchev–Trinajstić information content (AvgIpc) is 3.21. The van der Waals surface area contributed by atoms with Gasteiger partial charge in [-0.05, 0) is 37.1 Å². The first-order valence-electron chi connectivity index (χ1n) is 6.84. The van der Waals surface area contributed by atoms with Crippen molar-refractivity contribution in [3.63, 3.8) is 0 Å². The molecule has 0 spiro atoms. The van der Waals surface area contributed by atoms with Gasteiger partial charge in [-0.25, -0.2) is 8.42 Å². The van der Waals surface area contributed by atoms with Gasteiger partial charge in [0.25, 0.3) is 0 Å². The topological polar surface area (TPSA) is 98.5 Å². The number of sulfone groups is 1. The first-order valence-corrected chi connectivity index (χ1v) is 8.73. The molecule has 1 unspecified atom stereocenters. The second-order valence-electron chi connectivity index (χ2n) is 5.28. The molecule has 0 saturated heterocycles. The van der Waals surface area contributed by atoms with Gasteiger partial charge in [-0.15, -0.1) is 0 Å². The summed E-state index contributed by atoms with van der Waals surface area (Å²) in [4.78, 5) is 11.5. The molecule has 1 saturated carbocycles. The highest BCUT2D eigenvalue weighted by Crippen LogP contribution is 2.20. The molecule has 1 aliphatic carbocycles. The van der Waals surface area contributed by atoms with Crippen molar-refractivity contribution in [2.24, 2.45) is 5.73 Å². The third kappa shape index (κ3) is 5.02. The number of benzene rings is 1. The smallest absolute Gasteiger partial charge is 0.234 e. The Balaban J connectivity index is 1.83. The Morgan fingerprint density at radius 1 is 1.38 bits per heavy atom. The lowest BCUT2D eigenvalue weighted by atomic mass is 10.2. The molecule has 1 fully saturated rings. The van der Waals surface area contributed by atoms with Crippen molar-refractivity contribution in [1.82, 2.24) is 5.32 Å². The maximum atomic E-state index is 11.3. The Morgan fingerprint density at radius 3 is 2.48 bits per heavy atom. The molecule has 0 aliphatic heterocycles. The first-order chi connectivity index (χ1) is 9.86. The van der Waals surface area contributed by atoms with Crippen molar-refractivity contribution in [2.75, 3.05) is 12.9 Å². The highest BCUT2D eigenvalue weighted by molar-refractivity contribution is 7.90. The van der Waals surface area contributed by atoms with E-state index in [0.717, 1.165) is 19.1 Å². The number of primary amides is 1. The Bertz CT molecular complexity index is 594. The maximum Gasteiger partial charge on any atom is 0.234 e. The van der Waals surface area contributed by atoms with Crippen LogP contribution in [0.2, 0.25) is 0 Å². The summed E-state index contributed by atoms with van der Waals surface area (Å²) in [6.45, 7) is 0.339. The van der Waals surface area contributed by atoms with E-state index in [2.05, 4.69) is 5.32 Å². The lowest BCUT2D eigenvalue weighted by Crippen LogP contribution is -2.43. The first kappa shape index (κ1) is 15.8. The highest BCUT2D eigenvalue weighted by atomic mass is 32.2. The molecule has 1 atom stereocenters. The van der Waals surface area contributed by atoms with Gasteiger partial charge in [0.15, 0.2) is 9.84 Å². The van der Waals surface area contributed by atoms with Crippen molar-refractivity contribution in [3.8, 4) is 5.75 Å². The standard InChI is InChI=1S/C14H20N2O4S/c1-21(18,19)12-6-4-11(5-7-12)20-9-8-13(14(15)17)16-10-2-3-10/h4-7,10,13,16H,2-3,8-9H2,1H3,(H2,15,17). The number of nitrogens with one attached hydrogen (secondary N) is 1. The van der Waals surface area contributed by atoms with E-state index in [1.165, 1.54) is 12.1 Å². The van der Waals surface area contributed by atoms with Gasteiger partial charge < -0.3 is 15.8 Å². The highest BCUT2D eigenvalue weighted by Gasteiger charge is 2.27. The molecule has 3 N–H and O–H groups in total. The minimum absolute atomic E-state index is 0.250. The van der Waals surface area contributed by atoms with Crippen LogP contribution in [-0.2, 0) is 14.6 Å². The van der Waals surface area contributed by atoms with Crippen molar-refractivity contribution in [3.05, 3.63) is 24.3 Å². The molecule has 0 bridgehead atoms. The molecule has 2 rings (SSSR count). The molecule has 1 amide bonds. The van der Waals surface area contributed by atoms with Crippen LogP contribution in [0.25, 0.3) is 0 Å². The number of rotatable bonds is 8. The SMILES string of the molecule is CS(=O)(=O)c1ccc(OCCC(NC2CC2)C(N)=O)cc1. The number of ether oxygens (including phenoxy) is 1.